The molecule has 0 fully saturated rings. The van der Waals surface area contributed by atoms with Crippen LogP contribution in [-0.2, 0) is 7.05 Å². The van der Waals surface area contributed by atoms with Gasteiger partial charge in [0.2, 0.25) is 0 Å². The van der Waals surface area contributed by atoms with Crippen LogP contribution in [-0.4, -0.2) is 26.8 Å². The van der Waals surface area contributed by atoms with Gasteiger partial charge in [0, 0.05) is 12.7 Å². The second-order valence-electron chi connectivity index (χ2n) is 4.25. The van der Waals surface area contributed by atoms with Gasteiger partial charge < -0.3 is 10.4 Å². The van der Waals surface area contributed by atoms with Crippen LogP contribution >= 0.6 is 0 Å². The van der Waals surface area contributed by atoms with Gasteiger partial charge in [0.25, 0.3) is 5.91 Å². The summed E-state index contributed by atoms with van der Waals surface area (Å²) in [6.45, 7) is 1.64. The van der Waals surface area contributed by atoms with Crippen molar-refractivity contribution in [3.8, 4) is 0 Å². The topological polar surface area (TPSA) is 84.2 Å². The Labute approximate surface area is 113 Å². The molecule has 1 heterocycles. The number of nitrogens with zero attached hydrogens (tertiary/aromatic N) is 2. The van der Waals surface area contributed by atoms with Crippen molar-refractivity contribution in [1.82, 2.24) is 9.78 Å². The van der Waals surface area contributed by atoms with E-state index in [1.54, 1.807) is 6.92 Å². The van der Waals surface area contributed by atoms with E-state index in [0.29, 0.717) is 11.3 Å². The number of carbonyl (C=O) groups is 2. The maximum atomic E-state index is 13.0. The number of anilines is 1. The molecule has 0 saturated carbocycles. The average Bonchev–Trinajstić information content (AvgIpc) is 2.74. The predicted octanol–water partition coefficient (Wildman–Crippen LogP) is 1.82. The normalized spacial score (nSPS) is 10.3. The number of carboxylic acids is 1. The van der Waals surface area contributed by atoms with Crippen LogP contribution in [0.5, 0.6) is 0 Å². The second-order valence-corrected chi connectivity index (χ2v) is 4.25. The summed E-state index contributed by atoms with van der Waals surface area (Å²) in [5.41, 5.74) is 0.696. The van der Waals surface area contributed by atoms with Crippen molar-refractivity contribution in [3.05, 3.63) is 47.0 Å². The molecular weight excluding hydrogens is 265 g/mol. The average molecular weight is 277 g/mol. The number of amides is 1. The number of aromatic carboxylic acids is 1. The molecule has 1 aromatic heterocycles. The van der Waals surface area contributed by atoms with Gasteiger partial charge in [0.1, 0.15) is 5.82 Å². The number of carbonyl (C=O) groups excluding carboxylic acids is 1. The molecule has 2 rings (SSSR count). The smallest absolute Gasteiger partial charge is 0.354 e. The molecule has 0 unspecified atom stereocenters. The van der Waals surface area contributed by atoms with E-state index in [1.807, 2.05) is 0 Å². The van der Waals surface area contributed by atoms with Gasteiger partial charge >= 0.3 is 5.97 Å². The molecule has 2 N–H and O–H groups in total. The van der Waals surface area contributed by atoms with Gasteiger partial charge in [-0.05, 0) is 30.7 Å². The zero-order valence-corrected chi connectivity index (χ0v) is 10.8. The molecule has 0 bridgehead atoms. The number of carboxylic acid groups (broad SMARTS) is 1. The molecule has 0 aliphatic heterocycles. The van der Waals surface area contributed by atoms with E-state index in [2.05, 4.69) is 10.4 Å². The largest absolute Gasteiger partial charge is 0.477 e. The van der Waals surface area contributed by atoms with Gasteiger partial charge in [-0.3, -0.25) is 9.48 Å². The minimum absolute atomic E-state index is 0.0521. The van der Waals surface area contributed by atoms with Gasteiger partial charge in [0.05, 0.1) is 11.8 Å². The standard InChI is InChI=1S/C13H12FN3O3/c1-7-5-8(14)3-4-10(7)16-12(18)9-6-15-17(2)11(9)13(19)20/h3-6H,1-2H3,(H,16,18)(H,19,20). The van der Waals surface area contributed by atoms with E-state index in [0.717, 1.165) is 4.68 Å². The lowest BCUT2D eigenvalue weighted by Gasteiger charge is -2.08. The Morgan fingerprint density at radius 2 is 2.10 bits per heavy atom. The van der Waals surface area contributed by atoms with Crippen molar-refractivity contribution in [2.24, 2.45) is 7.05 Å². The number of nitrogens with one attached hydrogen (secondary N) is 1. The van der Waals surface area contributed by atoms with Crippen LogP contribution < -0.4 is 5.32 Å². The number of aromatic nitrogens is 2. The molecule has 0 aliphatic rings. The van der Waals surface area contributed by atoms with E-state index in [-0.39, 0.29) is 11.3 Å². The number of hydrogen-bond acceptors (Lipinski definition) is 3. The maximum absolute atomic E-state index is 13.0. The van der Waals surface area contributed by atoms with Crippen molar-refractivity contribution >= 4 is 17.6 Å². The molecule has 0 spiro atoms. The summed E-state index contributed by atoms with van der Waals surface area (Å²) < 4.78 is 14.1. The number of hydrogen-bond donors (Lipinski definition) is 2. The van der Waals surface area contributed by atoms with Crippen molar-refractivity contribution < 1.29 is 19.1 Å². The third-order valence-corrected chi connectivity index (χ3v) is 2.82. The molecule has 2 aromatic rings. The molecule has 0 saturated heterocycles. The number of aryl methyl sites for hydroxylation is 2. The fourth-order valence-electron chi connectivity index (χ4n) is 1.81. The summed E-state index contributed by atoms with van der Waals surface area (Å²) in [5.74, 6) is -2.26. The number of benzene rings is 1. The van der Waals surface area contributed by atoms with E-state index in [1.165, 1.54) is 31.4 Å². The molecule has 6 nitrogen and oxygen atoms in total. The Morgan fingerprint density at radius 3 is 2.70 bits per heavy atom. The zero-order chi connectivity index (χ0) is 14.9. The van der Waals surface area contributed by atoms with Crippen LogP contribution in [0.25, 0.3) is 0 Å². The van der Waals surface area contributed by atoms with Gasteiger partial charge in [0.15, 0.2) is 5.69 Å². The third kappa shape index (κ3) is 2.51. The SMILES string of the molecule is Cc1cc(F)ccc1NC(=O)c1cnn(C)c1C(=O)O. The molecule has 20 heavy (non-hydrogen) atoms. The first-order valence-corrected chi connectivity index (χ1v) is 5.73. The first-order valence-electron chi connectivity index (χ1n) is 5.73. The second kappa shape index (κ2) is 5.12. The molecular formula is C13H12FN3O3. The van der Waals surface area contributed by atoms with Gasteiger partial charge in [-0.25, -0.2) is 9.18 Å². The molecule has 0 atom stereocenters. The molecule has 104 valence electrons. The fraction of sp³-hybridized carbons (Fsp3) is 0.154. The summed E-state index contributed by atoms with van der Waals surface area (Å²) in [5, 5.41) is 15.3. The molecule has 0 radical (unpaired) electrons. The van der Waals surface area contributed by atoms with Crippen LogP contribution in [0.3, 0.4) is 0 Å². The third-order valence-electron chi connectivity index (χ3n) is 2.82. The van der Waals surface area contributed by atoms with Crippen LogP contribution in [0.4, 0.5) is 10.1 Å². The summed E-state index contributed by atoms with van der Waals surface area (Å²) >= 11 is 0. The Balaban J connectivity index is 2.31. The highest BCUT2D eigenvalue weighted by atomic mass is 19.1. The summed E-state index contributed by atoms with van der Waals surface area (Å²) in [7, 11) is 1.43. The summed E-state index contributed by atoms with van der Waals surface area (Å²) in [6, 6.07) is 3.90. The van der Waals surface area contributed by atoms with E-state index < -0.39 is 17.7 Å². The zero-order valence-electron chi connectivity index (χ0n) is 10.8. The van der Waals surface area contributed by atoms with E-state index >= 15 is 0 Å². The quantitative estimate of drug-likeness (QED) is 0.896. The van der Waals surface area contributed by atoms with Crippen LogP contribution in [0.2, 0.25) is 0 Å². The van der Waals surface area contributed by atoms with Crippen molar-refractivity contribution in [2.75, 3.05) is 5.32 Å². The van der Waals surface area contributed by atoms with Crippen LogP contribution in [0.15, 0.2) is 24.4 Å². The Bertz CT molecular complexity index is 694. The predicted molar refractivity (Wildman–Crippen MR) is 69.3 cm³/mol. The van der Waals surface area contributed by atoms with Gasteiger partial charge in [-0.1, -0.05) is 0 Å². The lowest BCUT2D eigenvalue weighted by atomic mass is 10.1. The Kier molecular flexibility index (Phi) is 3.51. The highest BCUT2D eigenvalue weighted by Crippen LogP contribution is 2.17. The minimum atomic E-state index is -1.24. The minimum Gasteiger partial charge on any atom is -0.477 e. The number of halogens is 1. The summed E-state index contributed by atoms with van der Waals surface area (Å²) in [4.78, 5) is 23.2. The first kappa shape index (κ1) is 13.7. The van der Waals surface area contributed by atoms with E-state index in [4.69, 9.17) is 5.11 Å². The van der Waals surface area contributed by atoms with Crippen LogP contribution in [0, 0.1) is 12.7 Å². The molecule has 0 aliphatic carbocycles. The Hall–Kier alpha value is -2.70. The summed E-state index contributed by atoms with van der Waals surface area (Å²) in [6.07, 6.45) is 1.18. The monoisotopic (exact) mass is 277 g/mol. The maximum Gasteiger partial charge on any atom is 0.354 e. The van der Waals surface area contributed by atoms with Gasteiger partial charge in [-0.15, -0.1) is 0 Å². The molecule has 1 aromatic carbocycles. The lowest BCUT2D eigenvalue weighted by molar-refractivity contribution is 0.0680. The molecule has 1 amide bonds. The Morgan fingerprint density at radius 1 is 1.40 bits per heavy atom. The van der Waals surface area contributed by atoms with E-state index in [9.17, 15) is 14.0 Å². The number of rotatable bonds is 3. The first-order chi connectivity index (χ1) is 9.40. The highest BCUT2D eigenvalue weighted by Gasteiger charge is 2.21. The lowest BCUT2D eigenvalue weighted by Crippen LogP contribution is -2.17. The van der Waals surface area contributed by atoms with Crippen molar-refractivity contribution in [3.63, 3.8) is 0 Å². The highest BCUT2D eigenvalue weighted by molar-refractivity contribution is 6.10. The fourth-order valence-corrected chi connectivity index (χ4v) is 1.81. The van der Waals surface area contributed by atoms with Crippen molar-refractivity contribution in [1.29, 1.82) is 0 Å². The van der Waals surface area contributed by atoms with Crippen molar-refractivity contribution in [2.45, 2.75) is 6.92 Å². The van der Waals surface area contributed by atoms with Crippen LogP contribution in [0.1, 0.15) is 26.4 Å². The van der Waals surface area contributed by atoms with Gasteiger partial charge in [-0.2, -0.15) is 5.10 Å². The molecule has 7 heteroatoms.